The van der Waals surface area contributed by atoms with Crippen molar-refractivity contribution in [2.45, 2.75) is 33.6 Å². The number of hydrazone groups is 1. The molecule has 0 aliphatic heterocycles. The molecule has 0 aromatic heterocycles. The Bertz CT molecular complexity index is 914. The average Bonchev–Trinajstić information content (AvgIpc) is 2.63. The molecule has 0 saturated carbocycles. The van der Waals surface area contributed by atoms with Crippen molar-refractivity contribution in [3.63, 3.8) is 0 Å². The van der Waals surface area contributed by atoms with Gasteiger partial charge in [0.25, 0.3) is 5.91 Å². The van der Waals surface area contributed by atoms with Crippen molar-refractivity contribution in [3.8, 4) is 11.8 Å². The highest BCUT2D eigenvalue weighted by atomic mass is 19.1. The maximum absolute atomic E-state index is 13.9. The van der Waals surface area contributed by atoms with Crippen LogP contribution in [-0.4, -0.2) is 18.7 Å². The first kappa shape index (κ1) is 20.1. The number of carbonyl (C=O) groups excluding carboxylic acids is 1. The summed E-state index contributed by atoms with van der Waals surface area (Å²) >= 11 is 0. The minimum absolute atomic E-state index is 0.152. The zero-order valence-corrected chi connectivity index (χ0v) is 15.8. The molecule has 0 unspecified atom stereocenters. The van der Waals surface area contributed by atoms with Crippen LogP contribution in [-0.2, 0) is 0 Å². The van der Waals surface area contributed by atoms with Crippen molar-refractivity contribution < 1.29 is 13.9 Å². The van der Waals surface area contributed by atoms with Crippen LogP contribution < -0.4 is 10.2 Å². The van der Waals surface area contributed by atoms with E-state index in [0.717, 1.165) is 28.5 Å². The molecule has 1 amide bonds. The number of halogens is 1. The van der Waals surface area contributed by atoms with Crippen molar-refractivity contribution in [1.82, 2.24) is 5.43 Å². The number of nitrogens with one attached hydrogen (secondary N) is 1. The lowest BCUT2D eigenvalue weighted by molar-refractivity contribution is 0.0951. The van der Waals surface area contributed by atoms with Crippen molar-refractivity contribution >= 4 is 12.1 Å². The van der Waals surface area contributed by atoms with E-state index in [1.165, 1.54) is 18.3 Å². The van der Waals surface area contributed by atoms with E-state index < -0.39 is 11.7 Å². The fourth-order valence-corrected chi connectivity index (χ4v) is 2.58. The predicted octanol–water partition coefficient (Wildman–Crippen LogP) is 4.29. The molecule has 0 aliphatic rings. The van der Waals surface area contributed by atoms with Gasteiger partial charge in [0.05, 0.1) is 30.0 Å². The summed E-state index contributed by atoms with van der Waals surface area (Å²) in [5, 5.41) is 12.7. The van der Waals surface area contributed by atoms with Gasteiger partial charge in [-0.1, -0.05) is 13.8 Å². The van der Waals surface area contributed by atoms with Crippen LogP contribution in [0.4, 0.5) is 4.39 Å². The molecule has 2 aromatic rings. The van der Waals surface area contributed by atoms with Gasteiger partial charge < -0.3 is 4.74 Å². The Morgan fingerprint density at radius 3 is 2.70 bits per heavy atom. The number of nitriles is 1. The molecule has 140 valence electrons. The molecule has 0 fully saturated rings. The molecule has 2 rings (SSSR count). The van der Waals surface area contributed by atoms with Crippen LogP contribution in [0.3, 0.4) is 0 Å². The van der Waals surface area contributed by atoms with Crippen molar-refractivity contribution in [2.24, 2.45) is 5.10 Å². The fourth-order valence-electron chi connectivity index (χ4n) is 2.58. The Kier molecular flexibility index (Phi) is 6.67. The van der Waals surface area contributed by atoms with Crippen LogP contribution in [0.2, 0.25) is 0 Å². The second-order valence-electron chi connectivity index (χ2n) is 6.34. The van der Waals surface area contributed by atoms with E-state index in [2.05, 4.69) is 24.4 Å². The third-order valence-corrected chi connectivity index (χ3v) is 4.03. The summed E-state index contributed by atoms with van der Waals surface area (Å²) in [5.74, 6) is -0.338. The second-order valence-corrected chi connectivity index (χ2v) is 6.34. The van der Waals surface area contributed by atoms with Crippen LogP contribution in [0, 0.1) is 24.1 Å². The highest BCUT2D eigenvalue weighted by molar-refractivity contribution is 5.95. The fraction of sp³-hybridized carbons (Fsp3) is 0.286. The van der Waals surface area contributed by atoms with E-state index in [1.54, 1.807) is 0 Å². The topological polar surface area (TPSA) is 74.5 Å². The Morgan fingerprint density at radius 1 is 1.37 bits per heavy atom. The molecule has 0 radical (unpaired) electrons. The molecule has 0 spiro atoms. The summed E-state index contributed by atoms with van der Waals surface area (Å²) in [6, 6.07) is 9.40. The summed E-state index contributed by atoms with van der Waals surface area (Å²) in [6.07, 6.45) is 1.52. The van der Waals surface area contributed by atoms with E-state index in [9.17, 15) is 9.18 Å². The molecule has 0 bridgehead atoms. The third kappa shape index (κ3) is 4.91. The van der Waals surface area contributed by atoms with Gasteiger partial charge in [-0.15, -0.1) is 0 Å². The molecule has 0 heterocycles. The van der Waals surface area contributed by atoms with E-state index in [4.69, 9.17) is 10.00 Å². The van der Waals surface area contributed by atoms with Crippen LogP contribution in [0.15, 0.2) is 35.4 Å². The van der Waals surface area contributed by atoms with E-state index in [-0.39, 0.29) is 17.0 Å². The second kappa shape index (κ2) is 8.95. The van der Waals surface area contributed by atoms with Gasteiger partial charge in [-0.3, -0.25) is 4.79 Å². The molecule has 0 aliphatic carbocycles. The Balaban J connectivity index is 2.19. The number of nitrogens with zero attached hydrogens (tertiary/aromatic N) is 2. The maximum Gasteiger partial charge on any atom is 0.274 e. The number of rotatable bonds is 6. The Labute approximate surface area is 158 Å². The number of carbonyl (C=O) groups is 1. The van der Waals surface area contributed by atoms with E-state index in [0.29, 0.717) is 6.61 Å². The van der Waals surface area contributed by atoms with Crippen LogP contribution in [0.5, 0.6) is 5.75 Å². The summed E-state index contributed by atoms with van der Waals surface area (Å²) in [6.45, 7) is 8.59. The summed E-state index contributed by atoms with van der Waals surface area (Å²) in [7, 11) is 0. The normalized spacial score (nSPS) is 10.9. The molecule has 0 saturated heterocycles. The standard InChI is InChI=1S/C21H22FN3O2/c1-5-27-20-8-14(4)16(10-18(20)13(2)3)12-24-25-21(26)17-7-6-15(11-23)9-19(17)22/h6-10,12-13H,5H2,1-4H3,(H,25,26)/b24-12-. The largest absolute Gasteiger partial charge is 0.494 e. The minimum Gasteiger partial charge on any atom is -0.494 e. The number of hydrogen-bond donors (Lipinski definition) is 1. The first-order chi connectivity index (χ1) is 12.9. The van der Waals surface area contributed by atoms with Gasteiger partial charge in [0.1, 0.15) is 11.6 Å². The van der Waals surface area contributed by atoms with E-state index in [1.807, 2.05) is 32.0 Å². The zero-order valence-electron chi connectivity index (χ0n) is 15.8. The van der Waals surface area contributed by atoms with Gasteiger partial charge in [-0.2, -0.15) is 10.4 Å². The zero-order chi connectivity index (χ0) is 20.0. The first-order valence-corrected chi connectivity index (χ1v) is 8.67. The van der Waals surface area contributed by atoms with Crippen molar-refractivity contribution in [2.75, 3.05) is 6.61 Å². The average molecular weight is 367 g/mol. The molecule has 5 nitrogen and oxygen atoms in total. The lowest BCUT2D eigenvalue weighted by atomic mass is 9.97. The lowest BCUT2D eigenvalue weighted by Crippen LogP contribution is -2.19. The molecule has 0 atom stereocenters. The van der Waals surface area contributed by atoms with Gasteiger partial charge in [-0.05, 0) is 66.8 Å². The van der Waals surface area contributed by atoms with Crippen LogP contribution in [0.1, 0.15) is 59.3 Å². The number of aryl methyl sites for hydroxylation is 1. The minimum atomic E-state index is -0.763. The van der Waals surface area contributed by atoms with Gasteiger partial charge in [0.2, 0.25) is 0 Å². The van der Waals surface area contributed by atoms with Gasteiger partial charge in [-0.25, -0.2) is 9.82 Å². The molecule has 2 aromatic carbocycles. The smallest absolute Gasteiger partial charge is 0.274 e. The summed E-state index contributed by atoms with van der Waals surface area (Å²) < 4.78 is 19.6. The monoisotopic (exact) mass is 367 g/mol. The number of hydrogen-bond acceptors (Lipinski definition) is 4. The molecule has 1 N–H and O–H groups in total. The number of ether oxygens (including phenoxy) is 1. The van der Waals surface area contributed by atoms with Crippen LogP contribution in [0.25, 0.3) is 0 Å². The summed E-state index contributed by atoms with van der Waals surface area (Å²) in [5.41, 5.74) is 5.14. The lowest BCUT2D eigenvalue weighted by Gasteiger charge is -2.15. The summed E-state index contributed by atoms with van der Waals surface area (Å²) in [4.78, 5) is 12.1. The van der Waals surface area contributed by atoms with Crippen molar-refractivity contribution in [3.05, 3.63) is 64.0 Å². The van der Waals surface area contributed by atoms with Crippen LogP contribution >= 0.6 is 0 Å². The SMILES string of the molecule is CCOc1cc(C)c(/C=N\NC(=O)c2ccc(C#N)cc2F)cc1C(C)C. The van der Waals surface area contributed by atoms with Gasteiger partial charge in [0, 0.05) is 0 Å². The highest BCUT2D eigenvalue weighted by Gasteiger charge is 2.13. The first-order valence-electron chi connectivity index (χ1n) is 8.67. The van der Waals surface area contributed by atoms with E-state index >= 15 is 0 Å². The molecular weight excluding hydrogens is 345 g/mol. The van der Waals surface area contributed by atoms with Gasteiger partial charge >= 0.3 is 0 Å². The number of amides is 1. The maximum atomic E-state index is 13.9. The molecule has 6 heteroatoms. The Hall–Kier alpha value is -3.20. The van der Waals surface area contributed by atoms with Crippen molar-refractivity contribution in [1.29, 1.82) is 5.26 Å². The third-order valence-electron chi connectivity index (χ3n) is 4.03. The Morgan fingerprint density at radius 2 is 2.11 bits per heavy atom. The molecule has 27 heavy (non-hydrogen) atoms. The number of benzene rings is 2. The highest BCUT2D eigenvalue weighted by Crippen LogP contribution is 2.29. The molecular formula is C21H22FN3O2. The van der Waals surface area contributed by atoms with Gasteiger partial charge in [0.15, 0.2) is 0 Å². The quantitative estimate of drug-likeness (QED) is 0.611. The predicted molar refractivity (Wildman–Crippen MR) is 103 cm³/mol.